The molecule has 178 valence electrons. The van der Waals surface area contributed by atoms with Crippen LogP contribution in [0.15, 0.2) is 48.5 Å². The predicted octanol–water partition coefficient (Wildman–Crippen LogP) is 5.16. The number of aromatic nitrogens is 2. The number of anilines is 1. The molecule has 2 aliphatic heterocycles. The Morgan fingerprint density at radius 2 is 1.68 bits per heavy atom. The number of phenolic OH excluding ortho intramolecular Hbond substituents is 1. The fourth-order valence-electron chi connectivity index (χ4n) is 5.71. The Hall–Kier alpha value is -3.19. The normalized spacial score (nSPS) is 25.9. The molecule has 7 heteroatoms. The minimum absolute atomic E-state index is 0.0898. The van der Waals surface area contributed by atoms with Crippen LogP contribution in [0.3, 0.4) is 0 Å². The number of nitrogens with one attached hydrogen (secondary N) is 1. The summed E-state index contributed by atoms with van der Waals surface area (Å²) in [6.45, 7) is 4.64. The van der Waals surface area contributed by atoms with Crippen LogP contribution in [0.4, 0.5) is 10.2 Å². The molecule has 3 atom stereocenters. The molecule has 0 saturated carbocycles. The number of halogens is 1. The van der Waals surface area contributed by atoms with Gasteiger partial charge in [-0.3, -0.25) is 0 Å². The summed E-state index contributed by atoms with van der Waals surface area (Å²) >= 11 is 0. The largest absolute Gasteiger partial charge is 0.507 e. The SMILES string of the molecule is COc1cc(-c2ccc(-c3ccc(N(C)C4C[C@]5(C)CC[C@](C)(C4)N5)nn3)c(O)c2)ccc1F. The van der Waals surface area contributed by atoms with E-state index in [1.54, 1.807) is 24.3 Å². The molecule has 2 bridgehead atoms. The molecule has 34 heavy (non-hydrogen) atoms. The maximum Gasteiger partial charge on any atom is 0.165 e. The molecule has 2 N–H and O–H groups in total. The van der Waals surface area contributed by atoms with E-state index in [9.17, 15) is 9.50 Å². The lowest BCUT2D eigenvalue weighted by Gasteiger charge is -2.45. The van der Waals surface area contributed by atoms with E-state index in [0.29, 0.717) is 17.3 Å². The van der Waals surface area contributed by atoms with E-state index < -0.39 is 5.82 Å². The molecule has 2 aliphatic rings. The number of hydrogen-bond donors (Lipinski definition) is 2. The first-order valence-electron chi connectivity index (χ1n) is 11.7. The first-order chi connectivity index (χ1) is 16.2. The van der Waals surface area contributed by atoms with Crippen LogP contribution in [0.1, 0.15) is 39.5 Å². The fraction of sp³-hybridized carbons (Fsp3) is 0.407. The van der Waals surface area contributed by atoms with E-state index in [1.807, 2.05) is 18.2 Å². The molecule has 1 unspecified atom stereocenters. The van der Waals surface area contributed by atoms with Gasteiger partial charge >= 0.3 is 0 Å². The summed E-state index contributed by atoms with van der Waals surface area (Å²) in [7, 11) is 3.52. The Labute approximate surface area is 199 Å². The quantitative estimate of drug-likeness (QED) is 0.546. The van der Waals surface area contributed by atoms with Gasteiger partial charge in [-0.2, -0.15) is 0 Å². The molecule has 0 amide bonds. The number of methoxy groups -OCH3 is 1. The van der Waals surface area contributed by atoms with E-state index in [1.165, 1.54) is 26.0 Å². The summed E-state index contributed by atoms with van der Waals surface area (Å²) < 4.78 is 18.8. The number of nitrogens with zero attached hydrogens (tertiary/aromatic N) is 3. The third-order valence-corrected chi connectivity index (χ3v) is 7.52. The average molecular weight is 463 g/mol. The Morgan fingerprint density at radius 3 is 2.29 bits per heavy atom. The first-order valence-corrected chi connectivity index (χ1v) is 11.7. The number of benzene rings is 2. The predicted molar refractivity (Wildman–Crippen MR) is 132 cm³/mol. The van der Waals surface area contributed by atoms with Crippen molar-refractivity contribution in [3.63, 3.8) is 0 Å². The molecule has 5 rings (SSSR count). The van der Waals surface area contributed by atoms with Crippen molar-refractivity contribution in [2.24, 2.45) is 0 Å². The van der Waals surface area contributed by atoms with Crippen molar-refractivity contribution in [2.75, 3.05) is 19.1 Å². The minimum atomic E-state index is -0.423. The minimum Gasteiger partial charge on any atom is -0.507 e. The highest BCUT2D eigenvalue weighted by Crippen LogP contribution is 2.44. The van der Waals surface area contributed by atoms with Gasteiger partial charge in [0, 0.05) is 29.7 Å². The number of fused-ring (bicyclic) bond motifs is 2. The smallest absolute Gasteiger partial charge is 0.165 e. The van der Waals surface area contributed by atoms with Gasteiger partial charge in [-0.25, -0.2) is 4.39 Å². The third-order valence-electron chi connectivity index (χ3n) is 7.52. The van der Waals surface area contributed by atoms with Crippen molar-refractivity contribution in [3.05, 3.63) is 54.3 Å². The van der Waals surface area contributed by atoms with Crippen molar-refractivity contribution in [3.8, 4) is 33.9 Å². The van der Waals surface area contributed by atoms with Crippen LogP contribution in [0.5, 0.6) is 11.5 Å². The molecule has 2 saturated heterocycles. The van der Waals surface area contributed by atoms with E-state index in [0.717, 1.165) is 29.8 Å². The standard InChI is InChI=1S/C27H31FN4O2/c1-26-11-12-27(2,31-26)16-19(15-26)32(3)25-10-9-22(29-30-25)20-7-5-17(13-23(20)33)18-6-8-21(28)24(14-18)34-4/h5-10,13-14,19,31,33H,11-12,15-16H2,1-4H3/t19?,26-,27+. The first kappa shape index (κ1) is 22.6. The lowest BCUT2D eigenvalue weighted by Crippen LogP contribution is -2.58. The number of hydrogen-bond acceptors (Lipinski definition) is 6. The van der Waals surface area contributed by atoms with Crippen molar-refractivity contribution in [2.45, 2.75) is 56.7 Å². The summed E-state index contributed by atoms with van der Waals surface area (Å²) in [6.07, 6.45) is 4.58. The molecule has 2 fully saturated rings. The maximum atomic E-state index is 13.7. The zero-order chi connectivity index (χ0) is 24.1. The summed E-state index contributed by atoms with van der Waals surface area (Å²) in [6, 6.07) is 14.2. The molecule has 6 nitrogen and oxygen atoms in total. The molecule has 0 aliphatic carbocycles. The second-order valence-electron chi connectivity index (χ2n) is 10.3. The second kappa shape index (κ2) is 8.24. The highest BCUT2D eigenvalue weighted by molar-refractivity contribution is 5.75. The van der Waals surface area contributed by atoms with E-state index in [4.69, 9.17) is 4.74 Å². The number of rotatable bonds is 5. The van der Waals surface area contributed by atoms with Crippen molar-refractivity contribution in [1.29, 1.82) is 0 Å². The second-order valence-corrected chi connectivity index (χ2v) is 10.3. The zero-order valence-electron chi connectivity index (χ0n) is 20.1. The molecular weight excluding hydrogens is 431 g/mol. The lowest BCUT2D eigenvalue weighted by molar-refractivity contribution is 0.207. The van der Waals surface area contributed by atoms with Crippen LogP contribution in [0.2, 0.25) is 0 Å². The van der Waals surface area contributed by atoms with Crippen LogP contribution in [-0.2, 0) is 0 Å². The lowest BCUT2D eigenvalue weighted by atomic mass is 9.84. The molecule has 3 heterocycles. The number of piperidine rings is 1. The number of aromatic hydroxyl groups is 1. The Morgan fingerprint density at radius 1 is 1.00 bits per heavy atom. The number of phenols is 1. The Kier molecular flexibility index (Phi) is 5.47. The monoisotopic (exact) mass is 462 g/mol. The molecule has 0 radical (unpaired) electrons. The van der Waals surface area contributed by atoms with Crippen LogP contribution in [-0.4, -0.2) is 46.6 Å². The summed E-state index contributed by atoms with van der Waals surface area (Å²) in [4.78, 5) is 2.24. The molecule has 2 aromatic carbocycles. The fourth-order valence-corrected chi connectivity index (χ4v) is 5.71. The van der Waals surface area contributed by atoms with Crippen molar-refractivity contribution < 1.29 is 14.2 Å². The average Bonchev–Trinajstić information content (AvgIpc) is 3.05. The van der Waals surface area contributed by atoms with E-state index in [2.05, 4.69) is 41.3 Å². The van der Waals surface area contributed by atoms with Gasteiger partial charge in [-0.05, 0) is 87.1 Å². The molecule has 1 aromatic heterocycles. The molecular formula is C27H31FN4O2. The zero-order valence-corrected chi connectivity index (χ0v) is 20.1. The summed E-state index contributed by atoms with van der Waals surface area (Å²) in [5.74, 6) is 0.660. The van der Waals surface area contributed by atoms with Crippen LogP contribution < -0.4 is 15.0 Å². The van der Waals surface area contributed by atoms with Crippen LogP contribution in [0, 0.1) is 5.82 Å². The van der Waals surface area contributed by atoms with Gasteiger partial charge in [0.2, 0.25) is 0 Å². The highest BCUT2D eigenvalue weighted by Gasteiger charge is 2.49. The Bertz CT molecular complexity index is 1200. The van der Waals surface area contributed by atoms with Gasteiger partial charge in [0.25, 0.3) is 0 Å². The molecule has 0 spiro atoms. The topological polar surface area (TPSA) is 70.5 Å². The Balaban J connectivity index is 1.35. The van der Waals surface area contributed by atoms with E-state index >= 15 is 0 Å². The van der Waals surface area contributed by atoms with Gasteiger partial charge in [0.05, 0.1) is 12.8 Å². The van der Waals surface area contributed by atoms with Gasteiger partial charge in [0.15, 0.2) is 17.4 Å². The third kappa shape index (κ3) is 4.09. The van der Waals surface area contributed by atoms with Crippen molar-refractivity contribution >= 4 is 5.82 Å². The van der Waals surface area contributed by atoms with Gasteiger partial charge < -0.3 is 20.1 Å². The maximum absolute atomic E-state index is 13.7. The van der Waals surface area contributed by atoms with Gasteiger partial charge in [0.1, 0.15) is 5.75 Å². The summed E-state index contributed by atoms with van der Waals surface area (Å²) in [5.41, 5.74) is 3.07. The van der Waals surface area contributed by atoms with Crippen LogP contribution in [0.25, 0.3) is 22.4 Å². The van der Waals surface area contributed by atoms with Gasteiger partial charge in [-0.1, -0.05) is 12.1 Å². The summed E-state index contributed by atoms with van der Waals surface area (Å²) in [5, 5.41) is 23.4. The highest BCUT2D eigenvalue weighted by atomic mass is 19.1. The number of ether oxygens (including phenoxy) is 1. The van der Waals surface area contributed by atoms with Crippen LogP contribution >= 0.6 is 0 Å². The van der Waals surface area contributed by atoms with Gasteiger partial charge in [-0.15, -0.1) is 10.2 Å². The molecule has 3 aromatic rings. The van der Waals surface area contributed by atoms with Crippen molar-refractivity contribution in [1.82, 2.24) is 15.5 Å². The van der Waals surface area contributed by atoms with E-state index in [-0.39, 0.29) is 22.6 Å².